The lowest BCUT2D eigenvalue weighted by atomic mass is 10.0. The first-order chi connectivity index (χ1) is 17.9. The number of rotatable bonds is 9. The molecule has 0 aliphatic heterocycles. The maximum absolute atomic E-state index is 13.0. The molecule has 38 heavy (non-hydrogen) atoms. The van der Waals surface area contributed by atoms with Gasteiger partial charge in [-0.1, -0.05) is 30.3 Å². The van der Waals surface area contributed by atoms with Crippen molar-refractivity contribution in [2.75, 3.05) is 21.3 Å². The lowest BCUT2D eigenvalue weighted by Gasteiger charge is -2.19. The Morgan fingerprint density at radius 1 is 0.974 bits per heavy atom. The number of fused-ring (bicyclic) bond motifs is 1. The fourth-order valence-corrected chi connectivity index (χ4v) is 4.93. The van der Waals surface area contributed by atoms with Gasteiger partial charge in [0, 0.05) is 37.8 Å². The van der Waals surface area contributed by atoms with E-state index >= 15 is 0 Å². The molecule has 10 nitrogen and oxygen atoms in total. The Kier molecular flexibility index (Phi) is 9.14. The normalized spacial score (nSPS) is 12.7. The number of carbonyl (C=O) groups excluding carboxylic acids is 3. The molecule has 2 aromatic carbocycles. The molecule has 3 aromatic rings. The predicted molar refractivity (Wildman–Crippen MR) is 142 cm³/mol. The quantitative estimate of drug-likeness (QED) is 0.297. The molecule has 0 aliphatic rings. The second kappa shape index (κ2) is 11.9. The van der Waals surface area contributed by atoms with Crippen LogP contribution in [0.25, 0.3) is 10.9 Å². The number of para-hydroxylation sites is 1. The molecule has 204 valence electrons. The molecular weight excluding hydrogens is 511 g/mol. The molecule has 1 atom stereocenters. The van der Waals surface area contributed by atoms with Gasteiger partial charge in [-0.05, 0) is 50.1 Å². The largest absolute Gasteiger partial charge is 0.467 e. The van der Waals surface area contributed by atoms with Crippen LogP contribution in [0.2, 0.25) is 0 Å². The summed E-state index contributed by atoms with van der Waals surface area (Å²) in [5.74, 6) is -1.13. The molecule has 0 radical (unpaired) electrons. The molecule has 11 heteroatoms. The van der Waals surface area contributed by atoms with Crippen LogP contribution in [-0.4, -0.2) is 55.5 Å². The Bertz CT molecular complexity index is 1350. The van der Waals surface area contributed by atoms with E-state index < -0.39 is 37.2 Å². The fourth-order valence-electron chi connectivity index (χ4n) is 3.86. The molecule has 0 bridgehead atoms. The van der Waals surface area contributed by atoms with Gasteiger partial charge in [0.2, 0.25) is 0 Å². The molecule has 0 unspecified atom stereocenters. The number of carbonyl (C=O) groups is 3. The van der Waals surface area contributed by atoms with Gasteiger partial charge in [-0.3, -0.25) is 13.9 Å². The monoisotopic (exact) mass is 544 g/mol. The number of hydrogen-bond donors (Lipinski definition) is 1. The van der Waals surface area contributed by atoms with Crippen LogP contribution >= 0.6 is 7.60 Å². The lowest BCUT2D eigenvalue weighted by molar-refractivity contribution is -0.142. The highest BCUT2D eigenvalue weighted by Gasteiger charge is 2.27. The molecule has 3 rings (SSSR count). The standard InChI is InChI=1S/C27H33N2O8P/c1-27(2,3)37-26(32)29-16-20(21-9-7-8-10-23(21)29)15-22(25(31)34-4)28-24(30)19-13-11-18(12-14-19)17-38(33,35-5)36-6/h7-14,16,22H,15,17H2,1-6H3,(H,28,30)/t22-/m0/s1. The first-order valence-corrected chi connectivity index (χ1v) is 13.6. The summed E-state index contributed by atoms with van der Waals surface area (Å²) in [5.41, 5.74) is 1.54. The average molecular weight is 545 g/mol. The van der Waals surface area contributed by atoms with Crippen LogP contribution in [0.4, 0.5) is 4.79 Å². The van der Waals surface area contributed by atoms with Crippen molar-refractivity contribution in [1.29, 1.82) is 0 Å². The van der Waals surface area contributed by atoms with Crippen LogP contribution < -0.4 is 5.32 Å². The molecule has 0 saturated carbocycles. The maximum Gasteiger partial charge on any atom is 0.419 e. The van der Waals surface area contributed by atoms with Crippen LogP contribution in [-0.2, 0) is 40.5 Å². The first-order valence-electron chi connectivity index (χ1n) is 11.9. The van der Waals surface area contributed by atoms with Gasteiger partial charge in [-0.25, -0.2) is 9.59 Å². The Hall–Kier alpha value is -3.46. The van der Waals surface area contributed by atoms with Gasteiger partial charge in [-0.2, -0.15) is 0 Å². The van der Waals surface area contributed by atoms with Crippen molar-refractivity contribution < 1.29 is 37.5 Å². The maximum atomic E-state index is 13.0. The van der Waals surface area contributed by atoms with Gasteiger partial charge in [0.15, 0.2) is 0 Å². The van der Waals surface area contributed by atoms with Gasteiger partial charge < -0.3 is 23.8 Å². The Morgan fingerprint density at radius 3 is 2.18 bits per heavy atom. The zero-order valence-corrected chi connectivity index (χ0v) is 23.2. The molecule has 1 heterocycles. The molecule has 1 amide bonds. The highest BCUT2D eigenvalue weighted by Crippen LogP contribution is 2.49. The molecule has 0 saturated heterocycles. The smallest absolute Gasteiger partial charge is 0.419 e. The third-order valence-corrected chi connectivity index (χ3v) is 7.61. The summed E-state index contributed by atoms with van der Waals surface area (Å²) in [7, 11) is 0.605. The number of ether oxygens (including phenoxy) is 2. The van der Waals surface area contributed by atoms with Crippen molar-refractivity contribution in [3.8, 4) is 0 Å². The number of nitrogens with zero attached hydrogens (tertiary/aromatic N) is 1. The second-order valence-electron chi connectivity index (χ2n) is 9.61. The third-order valence-electron chi connectivity index (χ3n) is 5.75. The number of esters is 1. The number of amides is 1. The minimum absolute atomic E-state index is 0.0500. The van der Waals surface area contributed by atoms with E-state index in [9.17, 15) is 18.9 Å². The summed E-state index contributed by atoms with van der Waals surface area (Å²) in [6.45, 7) is 5.34. The Balaban J connectivity index is 1.84. The van der Waals surface area contributed by atoms with Gasteiger partial charge in [0.1, 0.15) is 11.6 Å². The van der Waals surface area contributed by atoms with E-state index in [1.807, 2.05) is 12.1 Å². The van der Waals surface area contributed by atoms with Crippen LogP contribution in [0.3, 0.4) is 0 Å². The summed E-state index contributed by atoms with van der Waals surface area (Å²) >= 11 is 0. The van der Waals surface area contributed by atoms with Crippen LogP contribution in [0.15, 0.2) is 54.7 Å². The molecule has 0 aliphatic carbocycles. The lowest BCUT2D eigenvalue weighted by Crippen LogP contribution is -2.43. The van der Waals surface area contributed by atoms with Crippen molar-refractivity contribution >= 4 is 36.5 Å². The van der Waals surface area contributed by atoms with E-state index in [1.54, 1.807) is 63.4 Å². The summed E-state index contributed by atoms with van der Waals surface area (Å²) in [5, 5.41) is 3.46. The number of aromatic nitrogens is 1. The third kappa shape index (κ3) is 7.10. The summed E-state index contributed by atoms with van der Waals surface area (Å²) < 4.78 is 34.1. The minimum atomic E-state index is -3.25. The highest BCUT2D eigenvalue weighted by atomic mass is 31.2. The van der Waals surface area contributed by atoms with E-state index in [0.717, 1.165) is 5.39 Å². The fraction of sp³-hybridized carbons (Fsp3) is 0.370. The minimum Gasteiger partial charge on any atom is -0.467 e. The van der Waals surface area contributed by atoms with E-state index in [2.05, 4.69) is 5.32 Å². The van der Waals surface area contributed by atoms with Crippen molar-refractivity contribution in [3.05, 3.63) is 71.4 Å². The Labute approximate surface area is 221 Å². The van der Waals surface area contributed by atoms with Gasteiger partial charge in [0.05, 0.1) is 18.8 Å². The van der Waals surface area contributed by atoms with Crippen molar-refractivity contribution in [2.45, 2.75) is 45.0 Å². The van der Waals surface area contributed by atoms with Crippen LogP contribution in [0.1, 0.15) is 42.3 Å². The molecule has 1 N–H and O–H groups in total. The van der Waals surface area contributed by atoms with Crippen LogP contribution in [0.5, 0.6) is 0 Å². The summed E-state index contributed by atoms with van der Waals surface area (Å²) in [4.78, 5) is 38.5. The van der Waals surface area contributed by atoms with E-state index in [0.29, 0.717) is 22.2 Å². The first kappa shape index (κ1) is 29.1. The van der Waals surface area contributed by atoms with E-state index in [-0.39, 0.29) is 12.6 Å². The highest BCUT2D eigenvalue weighted by molar-refractivity contribution is 7.52. The topological polar surface area (TPSA) is 122 Å². The molecule has 1 aromatic heterocycles. The van der Waals surface area contributed by atoms with Crippen molar-refractivity contribution in [1.82, 2.24) is 9.88 Å². The molecule has 0 fully saturated rings. The molecule has 0 spiro atoms. The number of hydrogen-bond acceptors (Lipinski definition) is 8. The van der Waals surface area contributed by atoms with E-state index in [4.69, 9.17) is 18.5 Å². The number of nitrogens with one attached hydrogen (secondary N) is 1. The zero-order chi connectivity index (χ0) is 28.1. The van der Waals surface area contributed by atoms with Gasteiger partial charge >= 0.3 is 19.7 Å². The summed E-state index contributed by atoms with van der Waals surface area (Å²) in [6, 6.07) is 12.6. The zero-order valence-electron chi connectivity index (χ0n) is 22.3. The predicted octanol–water partition coefficient (Wildman–Crippen LogP) is 4.92. The Morgan fingerprint density at radius 2 is 1.61 bits per heavy atom. The number of methoxy groups -OCH3 is 1. The summed E-state index contributed by atoms with van der Waals surface area (Å²) in [6.07, 6.45) is 1.19. The van der Waals surface area contributed by atoms with Crippen LogP contribution in [0, 0.1) is 0 Å². The molecular formula is C27H33N2O8P. The van der Waals surface area contributed by atoms with Crippen molar-refractivity contribution in [2.24, 2.45) is 0 Å². The van der Waals surface area contributed by atoms with Gasteiger partial charge in [-0.15, -0.1) is 0 Å². The van der Waals surface area contributed by atoms with E-state index in [1.165, 1.54) is 25.9 Å². The number of benzene rings is 2. The van der Waals surface area contributed by atoms with Gasteiger partial charge in [0.25, 0.3) is 5.91 Å². The average Bonchev–Trinajstić information content (AvgIpc) is 3.25. The van der Waals surface area contributed by atoms with Crippen molar-refractivity contribution in [3.63, 3.8) is 0 Å². The second-order valence-corrected chi connectivity index (χ2v) is 11.9. The SMILES string of the molecule is COC(=O)[C@H](Cc1cn(C(=O)OC(C)(C)C)c2ccccc12)NC(=O)c1ccc(CP(=O)(OC)OC)cc1.